The van der Waals surface area contributed by atoms with Gasteiger partial charge in [0.1, 0.15) is 18.0 Å². The van der Waals surface area contributed by atoms with Gasteiger partial charge < -0.3 is 14.8 Å². The highest BCUT2D eigenvalue weighted by atomic mass is 35.5. The SMILES string of the molecule is CCOc1cccc(NC(=O)CN(c2cc(Cl)ccc2OC)S(C)(=O)=O)c1. The molecular weight excluding hydrogens is 392 g/mol. The number of nitrogens with zero attached hydrogens (tertiary/aromatic N) is 1. The lowest BCUT2D eigenvalue weighted by Crippen LogP contribution is -2.37. The van der Waals surface area contributed by atoms with Crippen LogP contribution in [-0.2, 0) is 14.8 Å². The van der Waals surface area contributed by atoms with Gasteiger partial charge in [-0.25, -0.2) is 8.42 Å². The first-order valence-corrected chi connectivity index (χ1v) is 10.3. The maximum atomic E-state index is 12.5. The summed E-state index contributed by atoms with van der Waals surface area (Å²) in [6.07, 6.45) is 1.01. The van der Waals surface area contributed by atoms with E-state index in [2.05, 4.69) is 5.32 Å². The number of carbonyl (C=O) groups is 1. The molecule has 0 radical (unpaired) electrons. The van der Waals surface area contributed by atoms with Crippen LogP contribution in [0.5, 0.6) is 11.5 Å². The van der Waals surface area contributed by atoms with Gasteiger partial charge in [0.05, 0.1) is 25.7 Å². The van der Waals surface area contributed by atoms with Crippen LogP contribution in [0.15, 0.2) is 42.5 Å². The lowest BCUT2D eigenvalue weighted by atomic mass is 10.2. The Morgan fingerprint density at radius 1 is 1.22 bits per heavy atom. The van der Waals surface area contributed by atoms with Crippen molar-refractivity contribution < 1.29 is 22.7 Å². The molecule has 0 aliphatic heterocycles. The van der Waals surface area contributed by atoms with E-state index in [1.165, 1.54) is 13.2 Å². The molecule has 0 atom stereocenters. The molecule has 0 fully saturated rings. The average Bonchev–Trinajstić information content (AvgIpc) is 2.59. The number of ether oxygens (including phenoxy) is 2. The minimum absolute atomic E-state index is 0.186. The summed E-state index contributed by atoms with van der Waals surface area (Å²) in [6.45, 7) is 1.91. The molecule has 0 saturated carbocycles. The third-order valence-electron chi connectivity index (χ3n) is 3.53. The number of sulfonamides is 1. The Kier molecular flexibility index (Phi) is 6.92. The van der Waals surface area contributed by atoms with Crippen LogP contribution in [0, 0.1) is 0 Å². The Bertz CT molecular complexity index is 918. The van der Waals surface area contributed by atoms with Gasteiger partial charge in [0.25, 0.3) is 0 Å². The highest BCUT2D eigenvalue weighted by Crippen LogP contribution is 2.32. The summed E-state index contributed by atoms with van der Waals surface area (Å²) in [5.74, 6) is 0.374. The molecule has 0 spiro atoms. The topological polar surface area (TPSA) is 84.9 Å². The lowest BCUT2D eigenvalue weighted by Gasteiger charge is -2.24. The molecule has 0 heterocycles. The van der Waals surface area contributed by atoms with Crippen LogP contribution in [0.25, 0.3) is 0 Å². The summed E-state index contributed by atoms with van der Waals surface area (Å²) in [6, 6.07) is 11.4. The second-order valence-electron chi connectivity index (χ2n) is 5.59. The highest BCUT2D eigenvalue weighted by molar-refractivity contribution is 7.92. The average molecular weight is 413 g/mol. The molecule has 2 aromatic rings. The second kappa shape index (κ2) is 8.96. The summed E-state index contributed by atoms with van der Waals surface area (Å²) in [5.41, 5.74) is 0.683. The van der Waals surface area contributed by atoms with E-state index in [-0.39, 0.29) is 11.4 Å². The number of benzene rings is 2. The van der Waals surface area contributed by atoms with Crippen LogP contribution in [0.3, 0.4) is 0 Å². The van der Waals surface area contributed by atoms with Gasteiger partial charge in [-0.1, -0.05) is 17.7 Å². The van der Waals surface area contributed by atoms with Gasteiger partial charge in [-0.15, -0.1) is 0 Å². The monoisotopic (exact) mass is 412 g/mol. The Hall–Kier alpha value is -2.45. The Morgan fingerprint density at radius 2 is 1.96 bits per heavy atom. The molecule has 9 heteroatoms. The zero-order valence-electron chi connectivity index (χ0n) is 15.2. The molecule has 0 unspecified atom stereocenters. The quantitative estimate of drug-likeness (QED) is 0.719. The van der Waals surface area contributed by atoms with Gasteiger partial charge in [0.2, 0.25) is 15.9 Å². The number of amides is 1. The van der Waals surface area contributed by atoms with Crippen LogP contribution in [-0.4, -0.2) is 40.8 Å². The maximum Gasteiger partial charge on any atom is 0.245 e. The van der Waals surface area contributed by atoms with E-state index in [1.807, 2.05) is 6.92 Å². The van der Waals surface area contributed by atoms with E-state index in [0.29, 0.717) is 23.1 Å². The summed E-state index contributed by atoms with van der Waals surface area (Å²) >= 11 is 5.99. The van der Waals surface area contributed by atoms with Gasteiger partial charge >= 0.3 is 0 Å². The molecule has 1 amide bonds. The molecule has 0 aromatic heterocycles. The van der Waals surface area contributed by atoms with Crippen molar-refractivity contribution in [3.63, 3.8) is 0 Å². The van der Waals surface area contributed by atoms with E-state index < -0.39 is 22.5 Å². The minimum Gasteiger partial charge on any atom is -0.495 e. The zero-order valence-corrected chi connectivity index (χ0v) is 16.8. The zero-order chi connectivity index (χ0) is 20.0. The first-order valence-electron chi connectivity index (χ1n) is 8.08. The summed E-state index contributed by atoms with van der Waals surface area (Å²) in [7, 11) is -2.35. The van der Waals surface area contributed by atoms with E-state index >= 15 is 0 Å². The summed E-state index contributed by atoms with van der Waals surface area (Å²) in [4.78, 5) is 12.5. The lowest BCUT2D eigenvalue weighted by molar-refractivity contribution is -0.114. The van der Waals surface area contributed by atoms with Crippen LogP contribution < -0.4 is 19.1 Å². The largest absolute Gasteiger partial charge is 0.495 e. The molecule has 2 rings (SSSR count). The third kappa shape index (κ3) is 5.77. The van der Waals surface area contributed by atoms with Crippen LogP contribution in [0.2, 0.25) is 5.02 Å². The predicted octanol–water partition coefficient (Wildman–Crippen LogP) is 3.15. The van der Waals surface area contributed by atoms with Gasteiger partial charge in [0, 0.05) is 16.8 Å². The number of hydrogen-bond acceptors (Lipinski definition) is 5. The molecule has 7 nitrogen and oxygen atoms in total. The molecule has 2 aromatic carbocycles. The third-order valence-corrected chi connectivity index (χ3v) is 4.89. The number of carbonyl (C=O) groups excluding carboxylic acids is 1. The fourth-order valence-electron chi connectivity index (χ4n) is 2.40. The molecule has 0 bridgehead atoms. The molecule has 0 aliphatic rings. The van der Waals surface area contributed by atoms with E-state index in [9.17, 15) is 13.2 Å². The van der Waals surface area contributed by atoms with Crippen molar-refractivity contribution in [3.8, 4) is 11.5 Å². The molecule has 1 N–H and O–H groups in total. The second-order valence-corrected chi connectivity index (χ2v) is 7.94. The smallest absolute Gasteiger partial charge is 0.245 e. The summed E-state index contributed by atoms with van der Waals surface area (Å²) in [5, 5.41) is 2.99. The Balaban J connectivity index is 2.26. The van der Waals surface area contributed by atoms with Gasteiger partial charge in [-0.05, 0) is 37.3 Å². The minimum atomic E-state index is -3.76. The van der Waals surface area contributed by atoms with Crippen molar-refractivity contribution in [1.29, 1.82) is 0 Å². The fourth-order valence-corrected chi connectivity index (χ4v) is 3.42. The molecule has 0 saturated heterocycles. The van der Waals surface area contributed by atoms with Gasteiger partial charge in [-0.2, -0.15) is 0 Å². The first-order chi connectivity index (χ1) is 12.7. The standard InChI is InChI=1S/C18H21ClN2O5S/c1-4-26-15-7-5-6-14(11-15)20-18(22)12-21(27(3,23)24)16-10-13(19)8-9-17(16)25-2/h5-11H,4,12H2,1-3H3,(H,20,22). The van der Waals surface area contributed by atoms with Crippen LogP contribution in [0.1, 0.15) is 6.92 Å². The van der Waals surface area contributed by atoms with Crippen molar-refractivity contribution in [2.24, 2.45) is 0 Å². The molecule has 27 heavy (non-hydrogen) atoms. The molecule has 146 valence electrons. The number of nitrogens with one attached hydrogen (secondary N) is 1. The van der Waals surface area contributed by atoms with E-state index in [1.54, 1.807) is 36.4 Å². The van der Waals surface area contributed by atoms with Crippen molar-refractivity contribution in [2.75, 3.05) is 36.1 Å². The molecular formula is C18H21ClN2O5S. The fraction of sp³-hybridized carbons (Fsp3) is 0.278. The predicted molar refractivity (Wildman–Crippen MR) is 106 cm³/mol. The maximum absolute atomic E-state index is 12.5. The number of methoxy groups -OCH3 is 1. The number of anilines is 2. The summed E-state index contributed by atoms with van der Waals surface area (Å²) < 4.78 is 36.1. The van der Waals surface area contributed by atoms with Crippen LogP contribution in [0.4, 0.5) is 11.4 Å². The highest BCUT2D eigenvalue weighted by Gasteiger charge is 2.24. The van der Waals surface area contributed by atoms with Crippen LogP contribution >= 0.6 is 11.6 Å². The van der Waals surface area contributed by atoms with E-state index in [0.717, 1.165) is 10.6 Å². The van der Waals surface area contributed by atoms with Crippen molar-refractivity contribution in [1.82, 2.24) is 0 Å². The number of hydrogen-bond donors (Lipinski definition) is 1. The number of halogens is 1. The normalized spacial score (nSPS) is 11.0. The van der Waals surface area contributed by atoms with E-state index in [4.69, 9.17) is 21.1 Å². The number of rotatable bonds is 8. The van der Waals surface area contributed by atoms with Crippen molar-refractivity contribution in [2.45, 2.75) is 6.92 Å². The Labute approximate surface area is 163 Å². The van der Waals surface area contributed by atoms with Gasteiger partial charge in [0.15, 0.2) is 0 Å². The first kappa shape index (κ1) is 20.9. The van der Waals surface area contributed by atoms with Gasteiger partial charge in [-0.3, -0.25) is 9.10 Å². The Morgan fingerprint density at radius 3 is 2.59 bits per heavy atom. The van der Waals surface area contributed by atoms with Crippen molar-refractivity contribution in [3.05, 3.63) is 47.5 Å². The van der Waals surface area contributed by atoms with Crippen molar-refractivity contribution >= 4 is 38.9 Å². The molecule has 0 aliphatic carbocycles.